The average Bonchev–Trinajstić information content (AvgIpc) is 3.34. The molecule has 150 valence electrons. The minimum absolute atomic E-state index is 0.0166. The van der Waals surface area contributed by atoms with Gasteiger partial charge < -0.3 is 4.90 Å². The van der Waals surface area contributed by atoms with E-state index in [2.05, 4.69) is 34.1 Å². The van der Waals surface area contributed by atoms with Crippen molar-refractivity contribution in [3.05, 3.63) is 62.5 Å². The van der Waals surface area contributed by atoms with Crippen LogP contribution in [0.2, 0.25) is 0 Å². The molecule has 0 bridgehead atoms. The number of amides is 1. The van der Waals surface area contributed by atoms with Crippen LogP contribution >= 0.6 is 11.3 Å². The van der Waals surface area contributed by atoms with Crippen LogP contribution in [0.1, 0.15) is 33.0 Å². The number of carbonyl (C=O) groups is 1. The van der Waals surface area contributed by atoms with Gasteiger partial charge in [0.15, 0.2) is 0 Å². The zero-order chi connectivity index (χ0) is 20.0. The molecule has 1 fully saturated rings. The van der Waals surface area contributed by atoms with Gasteiger partial charge >= 0.3 is 0 Å². The molecule has 0 spiro atoms. The van der Waals surface area contributed by atoms with E-state index in [9.17, 15) is 9.59 Å². The highest BCUT2D eigenvalue weighted by molar-refractivity contribution is 7.20. The predicted molar refractivity (Wildman–Crippen MR) is 115 cm³/mol. The van der Waals surface area contributed by atoms with E-state index in [1.54, 1.807) is 4.57 Å². The fourth-order valence-electron chi connectivity index (χ4n) is 4.37. The highest BCUT2D eigenvalue weighted by atomic mass is 32.1. The fraction of sp³-hybridized carbons (Fsp3) is 0.409. The van der Waals surface area contributed by atoms with Gasteiger partial charge in [0.2, 0.25) is 0 Å². The van der Waals surface area contributed by atoms with E-state index in [4.69, 9.17) is 0 Å². The lowest BCUT2D eigenvalue weighted by Gasteiger charge is -2.34. The molecular formula is C22H24N4O2S. The first-order valence-corrected chi connectivity index (χ1v) is 11.0. The van der Waals surface area contributed by atoms with Crippen molar-refractivity contribution < 1.29 is 4.79 Å². The summed E-state index contributed by atoms with van der Waals surface area (Å²) < 4.78 is 1.78. The third-order valence-electron chi connectivity index (χ3n) is 6.01. The summed E-state index contributed by atoms with van der Waals surface area (Å²) in [6, 6.07) is 10.4. The molecule has 0 aliphatic carbocycles. The Labute approximate surface area is 173 Å². The van der Waals surface area contributed by atoms with Crippen molar-refractivity contribution in [1.29, 1.82) is 0 Å². The van der Waals surface area contributed by atoms with Gasteiger partial charge in [-0.2, -0.15) is 0 Å². The number of fused-ring (bicyclic) bond motifs is 2. The molecule has 29 heavy (non-hydrogen) atoms. The maximum Gasteiger partial charge on any atom is 0.264 e. The number of rotatable bonds is 3. The number of nitrogens with zero attached hydrogens (tertiary/aromatic N) is 4. The Bertz CT molecular complexity index is 1130. The normalized spacial score (nSPS) is 17.1. The number of benzene rings is 1. The van der Waals surface area contributed by atoms with E-state index in [1.165, 1.54) is 16.9 Å². The molecule has 0 unspecified atom stereocenters. The van der Waals surface area contributed by atoms with Crippen LogP contribution in [0.4, 0.5) is 0 Å². The highest BCUT2D eigenvalue weighted by Crippen LogP contribution is 2.30. The van der Waals surface area contributed by atoms with Crippen LogP contribution in [0, 0.1) is 6.92 Å². The largest absolute Gasteiger partial charge is 0.335 e. The number of hydrogen-bond donors (Lipinski definition) is 0. The summed E-state index contributed by atoms with van der Waals surface area (Å²) in [5.74, 6) is 0.895. The van der Waals surface area contributed by atoms with Crippen molar-refractivity contribution >= 4 is 27.5 Å². The lowest BCUT2D eigenvalue weighted by atomic mass is 10.1. The standard InChI is InChI=1S/C22H24N4O2S/c1-15-18-20(23-17-8-5-9-26(17)21(18)27)29-19(15)22(28)25-12-10-24(11-13-25)14-16-6-3-2-4-7-16/h2-4,6-7H,5,8-14H2,1H3. The molecule has 0 radical (unpaired) electrons. The first-order chi connectivity index (χ1) is 14.1. The molecule has 4 heterocycles. The molecule has 6 nitrogen and oxygen atoms in total. The highest BCUT2D eigenvalue weighted by Gasteiger charge is 2.28. The van der Waals surface area contributed by atoms with Crippen molar-refractivity contribution in [2.45, 2.75) is 32.9 Å². The van der Waals surface area contributed by atoms with Gasteiger partial charge in [-0.3, -0.25) is 19.1 Å². The summed E-state index contributed by atoms with van der Waals surface area (Å²) in [5.41, 5.74) is 2.11. The van der Waals surface area contributed by atoms with Crippen molar-refractivity contribution in [3.8, 4) is 0 Å². The maximum atomic E-state index is 13.2. The van der Waals surface area contributed by atoms with Crippen LogP contribution in [0.5, 0.6) is 0 Å². The van der Waals surface area contributed by atoms with Crippen LogP contribution < -0.4 is 5.56 Å². The molecule has 2 aliphatic rings. The third kappa shape index (κ3) is 3.28. The second-order valence-electron chi connectivity index (χ2n) is 7.88. The number of thiophene rings is 1. The van der Waals surface area contributed by atoms with Gasteiger partial charge in [0.25, 0.3) is 11.5 Å². The average molecular weight is 409 g/mol. The molecule has 1 aromatic carbocycles. The van der Waals surface area contributed by atoms with Crippen molar-refractivity contribution in [1.82, 2.24) is 19.4 Å². The molecule has 0 N–H and O–H groups in total. The number of aryl methyl sites for hydroxylation is 2. The van der Waals surface area contributed by atoms with Crippen LogP contribution in [0.25, 0.3) is 10.2 Å². The molecule has 3 aromatic rings. The summed E-state index contributed by atoms with van der Waals surface area (Å²) in [7, 11) is 0. The van der Waals surface area contributed by atoms with E-state index in [0.717, 1.165) is 50.4 Å². The summed E-state index contributed by atoms with van der Waals surface area (Å²) >= 11 is 1.38. The number of piperazine rings is 1. The molecule has 1 saturated heterocycles. The molecule has 7 heteroatoms. The molecule has 1 amide bonds. The van der Waals surface area contributed by atoms with Gasteiger partial charge in [-0.25, -0.2) is 4.98 Å². The van der Waals surface area contributed by atoms with Crippen molar-refractivity contribution in [3.63, 3.8) is 0 Å². The van der Waals surface area contributed by atoms with Crippen molar-refractivity contribution in [2.24, 2.45) is 0 Å². The van der Waals surface area contributed by atoms with E-state index in [-0.39, 0.29) is 11.5 Å². The second-order valence-corrected chi connectivity index (χ2v) is 8.88. The van der Waals surface area contributed by atoms with Crippen LogP contribution in [0.15, 0.2) is 35.1 Å². The summed E-state index contributed by atoms with van der Waals surface area (Å²) in [4.78, 5) is 36.4. The van der Waals surface area contributed by atoms with E-state index >= 15 is 0 Å². The van der Waals surface area contributed by atoms with Crippen LogP contribution in [-0.4, -0.2) is 51.4 Å². The Kier molecular flexibility index (Phi) is 4.72. The first-order valence-electron chi connectivity index (χ1n) is 10.2. The number of aromatic nitrogens is 2. The molecule has 2 aliphatic heterocycles. The minimum atomic E-state index is 0.0166. The summed E-state index contributed by atoms with van der Waals surface area (Å²) in [5, 5.41) is 0.631. The molecule has 0 saturated carbocycles. The smallest absolute Gasteiger partial charge is 0.264 e. The van der Waals surface area contributed by atoms with Gasteiger partial charge in [-0.05, 0) is 24.5 Å². The SMILES string of the molecule is Cc1c(C(=O)N2CCN(Cc3ccccc3)CC2)sc2nc3n(c(=O)c12)CCC3. The predicted octanol–water partition coefficient (Wildman–Crippen LogP) is 2.67. The van der Waals surface area contributed by atoms with E-state index in [1.807, 2.05) is 17.9 Å². The number of carbonyl (C=O) groups excluding carboxylic acids is 1. The second kappa shape index (κ2) is 7.39. The first kappa shape index (κ1) is 18.5. The molecular weight excluding hydrogens is 384 g/mol. The van der Waals surface area contributed by atoms with Gasteiger partial charge in [0.05, 0.1) is 10.3 Å². The lowest BCUT2D eigenvalue weighted by Crippen LogP contribution is -2.48. The van der Waals surface area contributed by atoms with Gasteiger partial charge in [-0.15, -0.1) is 11.3 Å². The van der Waals surface area contributed by atoms with Gasteiger partial charge in [0.1, 0.15) is 10.7 Å². The Morgan fingerprint density at radius 1 is 1.10 bits per heavy atom. The molecule has 5 rings (SSSR count). The zero-order valence-electron chi connectivity index (χ0n) is 16.6. The van der Waals surface area contributed by atoms with E-state index < -0.39 is 0 Å². The van der Waals surface area contributed by atoms with Crippen LogP contribution in [-0.2, 0) is 19.5 Å². The van der Waals surface area contributed by atoms with E-state index in [0.29, 0.717) is 28.2 Å². The minimum Gasteiger partial charge on any atom is -0.335 e. The zero-order valence-corrected chi connectivity index (χ0v) is 17.4. The third-order valence-corrected chi connectivity index (χ3v) is 7.19. The fourth-order valence-corrected chi connectivity index (χ4v) is 5.53. The lowest BCUT2D eigenvalue weighted by molar-refractivity contribution is 0.0632. The van der Waals surface area contributed by atoms with Gasteiger partial charge in [0, 0.05) is 45.7 Å². The Balaban J connectivity index is 1.34. The Morgan fingerprint density at radius 2 is 1.86 bits per heavy atom. The monoisotopic (exact) mass is 408 g/mol. The quantitative estimate of drug-likeness (QED) is 0.669. The Morgan fingerprint density at radius 3 is 2.62 bits per heavy atom. The topological polar surface area (TPSA) is 58.4 Å². The molecule has 0 atom stereocenters. The maximum absolute atomic E-state index is 13.2. The summed E-state index contributed by atoms with van der Waals surface area (Å²) in [6.45, 7) is 6.68. The van der Waals surface area contributed by atoms with Crippen molar-refractivity contribution in [2.75, 3.05) is 26.2 Å². The molecule has 2 aromatic heterocycles. The van der Waals surface area contributed by atoms with Crippen LogP contribution in [0.3, 0.4) is 0 Å². The Hall–Kier alpha value is -2.51. The summed E-state index contributed by atoms with van der Waals surface area (Å²) in [6.07, 6.45) is 1.81. The number of hydrogen-bond acceptors (Lipinski definition) is 5. The van der Waals surface area contributed by atoms with Gasteiger partial charge in [-0.1, -0.05) is 30.3 Å².